The van der Waals surface area contributed by atoms with Crippen LogP contribution >= 0.6 is 0 Å². The van der Waals surface area contributed by atoms with Gasteiger partial charge in [0.1, 0.15) is 0 Å². The highest BCUT2D eigenvalue weighted by molar-refractivity contribution is 5.66. The summed E-state index contributed by atoms with van der Waals surface area (Å²) in [6.07, 6.45) is 8.44. The van der Waals surface area contributed by atoms with Gasteiger partial charge in [-0.15, -0.1) is 0 Å². The molecule has 0 unspecified atom stereocenters. The Morgan fingerprint density at radius 3 is 2.76 bits per heavy atom. The highest BCUT2D eigenvalue weighted by Gasteiger charge is 2.30. The van der Waals surface area contributed by atoms with E-state index in [0.29, 0.717) is 30.9 Å². The second-order valence-corrected chi connectivity index (χ2v) is 7.75. The summed E-state index contributed by atoms with van der Waals surface area (Å²) in [5.74, 6) is -0.245. The smallest absolute Gasteiger partial charge is 0.416 e. The predicted octanol–water partition coefficient (Wildman–Crippen LogP) is 6.41. The highest BCUT2D eigenvalue weighted by atomic mass is 19.4. The van der Waals surface area contributed by atoms with Crippen LogP contribution in [0.15, 0.2) is 36.4 Å². The molecule has 1 aromatic carbocycles. The van der Waals surface area contributed by atoms with Crippen LogP contribution in [0.25, 0.3) is 0 Å². The largest absolute Gasteiger partial charge is 0.481 e. The number of hydrogen-bond acceptors (Lipinski definition) is 2. The molecule has 0 aromatic heterocycles. The summed E-state index contributed by atoms with van der Waals surface area (Å²) in [5.41, 5.74) is 0.127. The van der Waals surface area contributed by atoms with Gasteiger partial charge in [-0.2, -0.15) is 13.2 Å². The van der Waals surface area contributed by atoms with E-state index in [1.807, 2.05) is 0 Å². The number of rotatable bonds is 12. The zero-order valence-corrected chi connectivity index (χ0v) is 16.8. The normalized spacial score (nSPS) is 19.8. The number of carboxylic acid groups (broad SMARTS) is 1. The minimum atomic E-state index is -4.29. The number of allylic oxidation sites excluding steroid dienone is 2. The van der Waals surface area contributed by atoms with Gasteiger partial charge in [-0.25, -0.2) is 0 Å². The molecule has 0 saturated heterocycles. The second kappa shape index (κ2) is 12.0. The van der Waals surface area contributed by atoms with Gasteiger partial charge in [0.15, 0.2) is 0 Å². The maximum atomic E-state index is 12.8. The summed E-state index contributed by atoms with van der Waals surface area (Å²) in [7, 11) is 0. The molecule has 0 spiro atoms. The highest BCUT2D eigenvalue weighted by Crippen LogP contribution is 2.32. The Morgan fingerprint density at radius 2 is 2.00 bits per heavy atom. The molecule has 1 N–H and O–H groups in total. The first-order valence-corrected chi connectivity index (χ1v) is 10.5. The van der Waals surface area contributed by atoms with Gasteiger partial charge >= 0.3 is 12.1 Å². The lowest BCUT2D eigenvalue weighted by Crippen LogP contribution is -2.18. The second-order valence-electron chi connectivity index (χ2n) is 7.75. The number of hydrogen-bond donors (Lipinski definition) is 1. The Labute approximate surface area is 171 Å². The third-order valence-electron chi connectivity index (χ3n) is 5.40. The van der Waals surface area contributed by atoms with Crippen molar-refractivity contribution in [3.05, 3.63) is 47.5 Å². The molecule has 1 fully saturated rings. The van der Waals surface area contributed by atoms with Gasteiger partial charge in [0, 0.05) is 13.0 Å². The SMILES string of the molecule is O=C(O)CCC/C=C\C[C@H]1CCC[C@@H]1OCCCCc1cccc(C(F)(F)F)c1. The fraction of sp³-hybridized carbons (Fsp3) is 0.609. The molecule has 6 heteroatoms. The van der Waals surface area contributed by atoms with Crippen LogP contribution in [0.3, 0.4) is 0 Å². The van der Waals surface area contributed by atoms with E-state index in [4.69, 9.17) is 9.84 Å². The molecule has 1 aromatic rings. The van der Waals surface area contributed by atoms with Crippen LogP contribution in [0.1, 0.15) is 68.9 Å². The Kier molecular flexibility index (Phi) is 9.71. The first-order valence-electron chi connectivity index (χ1n) is 10.5. The minimum Gasteiger partial charge on any atom is -0.481 e. The molecule has 0 radical (unpaired) electrons. The average molecular weight is 412 g/mol. The van der Waals surface area contributed by atoms with Crippen LogP contribution in [0.2, 0.25) is 0 Å². The van der Waals surface area contributed by atoms with Crippen molar-refractivity contribution in [3.8, 4) is 0 Å². The van der Waals surface area contributed by atoms with E-state index in [0.717, 1.165) is 51.0 Å². The van der Waals surface area contributed by atoms with E-state index in [1.54, 1.807) is 6.07 Å². The summed E-state index contributed by atoms with van der Waals surface area (Å²) in [4.78, 5) is 10.5. The molecule has 1 saturated carbocycles. The van der Waals surface area contributed by atoms with Crippen LogP contribution < -0.4 is 0 Å². The fourth-order valence-corrected chi connectivity index (χ4v) is 3.82. The molecule has 0 amide bonds. The molecular weight excluding hydrogens is 381 g/mol. The topological polar surface area (TPSA) is 46.5 Å². The molecule has 29 heavy (non-hydrogen) atoms. The number of ether oxygens (including phenoxy) is 1. The van der Waals surface area contributed by atoms with Gasteiger partial charge in [0.25, 0.3) is 0 Å². The van der Waals surface area contributed by atoms with E-state index in [2.05, 4.69) is 12.2 Å². The summed E-state index contributed by atoms with van der Waals surface area (Å²) in [5, 5.41) is 8.62. The van der Waals surface area contributed by atoms with Crippen molar-refractivity contribution in [1.29, 1.82) is 0 Å². The Hall–Kier alpha value is -1.82. The van der Waals surface area contributed by atoms with E-state index >= 15 is 0 Å². The molecular formula is C23H31F3O3. The molecule has 162 valence electrons. The number of alkyl halides is 3. The zero-order valence-electron chi connectivity index (χ0n) is 16.8. The van der Waals surface area contributed by atoms with Crippen molar-refractivity contribution in [2.45, 2.75) is 76.5 Å². The first-order chi connectivity index (χ1) is 13.9. The third-order valence-corrected chi connectivity index (χ3v) is 5.40. The monoisotopic (exact) mass is 412 g/mol. The Morgan fingerprint density at radius 1 is 1.17 bits per heavy atom. The molecule has 0 bridgehead atoms. The molecule has 0 heterocycles. The standard InChI is InChI=1S/C23H31F3O3/c24-23(25,26)20-13-7-10-18(17-20)9-5-6-16-29-21-14-8-12-19(21)11-3-1-2-4-15-22(27)28/h1,3,7,10,13,17,19,21H,2,4-6,8-9,11-12,14-16H2,(H,27,28)/b3-1-/t19-,21-/m0/s1. The van der Waals surface area contributed by atoms with Gasteiger partial charge in [-0.1, -0.05) is 36.8 Å². The average Bonchev–Trinajstić information content (AvgIpc) is 3.11. The molecule has 2 rings (SSSR count). The van der Waals surface area contributed by atoms with Gasteiger partial charge in [-0.3, -0.25) is 4.79 Å². The van der Waals surface area contributed by atoms with Crippen molar-refractivity contribution >= 4 is 5.97 Å². The summed E-state index contributed by atoms with van der Waals surface area (Å²) in [6.45, 7) is 0.641. The Balaban J connectivity index is 1.62. The number of halogens is 3. The quantitative estimate of drug-likeness (QED) is 0.318. The molecule has 3 nitrogen and oxygen atoms in total. The van der Waals surface area contributed by atoms with E-state index < -0.39 is 17.7 Å². The van der Waals surface area contributed by atoms with Crippen molar-refractivity contribution < 1.29 is 27.8 Å². The predicted molar refractivity (Wildman–Crippen MR) is 107 cm³/mol. The van der Waals surface area contributed by atoms with Crippen molar-refractivity contribution in [2.75, 3.05) is 6.61 Å². The molecule has 2 atom stereocenters. The number of aliphatic carboxylic acids is 1. The van der Waals surface area contributed by atoms with Gasteiger partial charge in [0.2, 0.25) is 0 Å². The van der Waals surface area contributed by atoms with Crippen molar-refractivity contribution in [2.24, 2.45) is 5.92 Å². The van der Waals surface area contributed by atoms with Crippen LogP contribution in [-0.4, -0.2) is 23.8 Å². The summed E-state index contributed by atoms with van der Waals surface area (Å²) >= 11 is 0. The van der Waals surface area contributed by atoms with Crippen LogP contribution in [0.4, 0.5) is 13.2 Å². The van der Waals surface area contributed by atoms with E-state index in [-0.39, 0.29) is 12.5 Å². The zero-order chi connectivity index (χ0) is 21.1. The third kappa shape index (κ3) is 9.03. The van der Waals surface area contributed by atoms with Gasteiger partial charge in [0.05, 0.1) is 11.7 Å². The maximum Gasteiger partial charge on any atom is 0.416 e. The van der Waals surface area contributed by atoms with E-state index in [1.165, 1.54) is 12.1 Å². The number of unbranched alkanes of at least 4 members (excludes halogenated alkanes) is 2. The maximum absolute atomic E-state index is 12.8. The molecule has 1 aliphatic carbocycles. The lowest BCUT2D eigenvalue weighted by Gasteiger charge is -2.19. The van der Waals surface area contributed by atoms with Gasteiger partial charge in [-0.05, 0) is 68.9 Å². The first kappa shape index (κ1) is 23.5. The summed E-state index contributed by atoms with van der Waals surface area (Å²) in [6, 6.07) is 5.54. The molecule has 1 aliphatic rings. The van der Waals surface area contributed by atoms with Crippen LogP contribution in [-0.2, 0) is 22.1 Å². The Bertz CT molecular complexity index is 655. The number of benzene rings is 1. The number of carbonyl (C=O) groups is 1. The van der Waals surface area contributed by atoms with Gasteiger partial charge < -0.3 is 9.84 Å². The summed E-state index contributed by atoms with van der Waals surface area (Å²) < 4.78 is 44.3. The van der Waals surface area contributed by atoms with Crippen molar-refractivity contribution in [3.63, 3.8) is 0 Å². The lowest BCUT2D eigenvalue weighted by atomic mass is 10.0. The lowest BCUT2D eigenvalue weighted by molar-refractivity contribution is -0.138. The van der Waals surface area contributed by atoms with Crippen molar-refractivity contribution in [1.82, 2.24) is 0 Å². The van der Waals surface area contributed by atoms with E-state index in [9.17, 15) is 18.0 Å². The number of carboxylic acids is 1. The van der Waals surface area contributed by atoms with Crippen LogP contribution in [0, 0.1) is 5.92 Å². The minimum absolute atomic E-state index is 0.208. The molecule has 0 aliphatic heterocycles. The fourth-order valence-electron chi connectivity index (χ4n) is 3.82. The number of aryl methyl sites for hydroxylation is 1. The van der Waals surface area contributed by atoms with Crippen LogP contribution in [0.5, 0.6) is 0 Å².